The van der Waals surface area contributed by atoms with Gasteiger partial charge in [0.05, 0.1) is 11.4 Å². The second-order valence-corrected chi connectivity index (χ2v) is 9.55. The van der Waals surface area contributed by atoms with Crippen LogP contribution in [-0.2, 0) is 14.9 Å². The number of ether oxygens (including phenoxy) is 1. The van der Waals surface area contributed by atoms with Crippen LogP contribution in [0.15, 0.2) is 54.6 Å². The number of anilines is 1. The molecule has 0 bridgehead atoms. The highest BCUT2D eigenvalue weighted by atomic mass is 19.1. The van der Waals surface area contributed by atoms with Crippen molar-refractivity contribution >= 4 is 17.6 Å². The highest BCUT2D eigenvalue weighted by molar-refractivity contribution is 5.99. The maximum Gasteiger partial charge on any atom is 0.254 e. The van der Waals surface area contributed by atoms with Crippen LogP contribution in [0.4, 0.5) is 10.2 Å². The summed E-state index contributed by atoms with van der Waals surface area (Å²) >= 11 is 0. The highest BCUT2D eigenvalue weighted by Gasteiger charge is 2.23. The first-order valence-electron chi connectivity index (χ1n) is 11.6. The molecule has 0 aliphatic carbocycles. The molecule has 1 N–H and O–H groups in total. The van der Waals surface area contributed by atoms with Gasteiger partial charge in [-0.15, -0.1) is 0 Å². The molecule has 0 atom stereocenters. The molecule has 0 aliphatic rings. The first-order chi connectivity index (χ1) is 16.6. The average Bonchev–Trinajstić information content (AvgIpc) is 3.22. The molecule has 3 rings (SSSR count). The SMILES string of the molecule is COCCCN(CC(=O)Nc1cc(C(C)(C)C)nn1-c1cccc(C)c1)C(=O)c1cccc(F)c1. The number of carbonyl (C=O) groups excluding carboxylic acids is 2. The number of amides is 2. The van der Waals surface area contributed by atoms with E-state index in [1.165, 1.54) is 29.2 Å². The fourth-order valence-corrected chi connectivity index (χ4v) is 3.61. The van der Waals surface area contributed by atoms with Gasteiger partial charge in [0, 0.05) is 37.3 Å². The number of methoxy groups -OCH3 is 1. The molecule has 0 fully saturated rings. The molecule has 35 heavy (non-hydrogen) atoms. The van der Waals surface area contributed by atoms with E-state index in [1.807, 2.05) is 37.3 Å². The van der Waals surface area contributed by atoms with Crippen LogP contribution in [0.1, 0.15) is 48.8 Å². The molecular formula is C27H33FN4O3. The molecule has 0 radical (unpaired) electrons. The summed E-state index contributed by atoms with van der Waals surface area (Å²) in [5.74, 6) is -0.783. The standard InChI is InChI=1S/C27H33FN4O3/c1-19-9-6-12-22(15-19)32-24(17-23(30-32)27(2,3)4)29-25(33)18-31(13-8-14-35-5)26(34)20-10-7-11-21(28)16-20/h6-7,9-12,15-17H,8,13-14,18H2,1-5H3,(H,29,33). The second-order valence-electron chi connectivity index (χ2n) is 9.55. The van der Waals surface area contributed by atoms with Gasteiger partial charge in [0.1, 0.15) is 18.2 Å². The predicted molar refractivity (Wildman–Crippen MR) is 134 cm³/mol. The number of benzene rings is 2. The van der Waals surface area contributed by atoms with Crippen molar-refractivity contribution in [2.75, 3.05) is 32.1 Å². The Balaban J connectivity index is 1.86. The van der Waals surface area contributed by atoms with Crippen molar-refractivity contribution in [1.82, 2.24) is 14.7 Å². The van der Waals surface area contributed by atoms with E-state index in [0.717, 1.165) is 16.9 Å². The Kier molecular flexibility index (Phi) is 8.40. The van der Waals surface area contributed by atoms with Crippen molar-refractivity contribution in [3.05, 3.63) is 77.2 Å². The maximum absolute atomic E-state index is 13.7. The maximum atomic E-state index is 13.7. The summed E-state index contributed by atoms with van der Waals surface area (Å²) < 4.78 is 20.5. The summed E-state index contributed by atoms with van der Waals surface area (Å²) in [4.78, 5) is 27.6. The summed E-state index contributed by atoms with van der Waals surface area (Å²) in [6, 6.07) is 15.1. The number of carbonyl (C=O) groups is 2. The molecule has 0 saturated heterocycles. The van der Waals surface area contributed by atoms with Crippen LogP contribution in [0.3, 0.4) is 0 Å². The van der Waals surface area contributed by atoms with E-state index in [4.69, 9.17) is 9.84 Å². The van der Waals surface area contributed by atoms with Gasteiger partial charge >= 0.3 is 0 Å². The van der Waals surface area contributed by atoms with Gasteiger partial charge in [-0.1, -0.05) is 39.0 Å². The molecule has 0 unspecified atom stereocenters. The van der Waals surface area contributed by atoms with Crippen LogP contribution < -0.4 is 5.32 Å². The Labute approximate surface area is 205 Å². The zero-order valence-electron chi connectivity index (χ0n) is 21.0. The Hall–Kier alpha value is -3.52. The van der Waals surface area contributed by atoms with E-state index in [2.05, 4.69) is 26.1 Å². The van der Waals surface area contributed by atoms with Gasteiger partial charge in [-0.05, 0) is 49.2 Å². The number of nitrogens with one attached hydrogen (secondary N) is 1. The number of nitrogens with zero attached hydrogens (tertiary/aromatic N) is 3. The molecule has 7 nitrogen and oxygen atoms in total. The van der Waals surface area contributed by atoms with Gasteiger partial charge in [0.2, 0.25) is 5.91 Å². The van der Waals surface area contributed by atoms with Gasteiger partial charge < -0.3 is 15.0 Å². The average molecular weight is 481 g/mol. The van der Waals surface area contributed by atoms with E-state index >= 15 is 0 Å². The zero-order valence-corrected chi connectivity index (χ0v) is 21.0. The summed E-state index contributed by atoms with van der Waals surface area (Å²) in [5, 5.41) is 7.66. The van der Waals surface area contributed by atoms with Crippen molar-refractivity contribution < 1.29 is 18.7 Å². The number of aryl methyl sites for hydroxylation is 1. The number of rotatable bonds is 9. The molecule has 0 saturated carbocycles. The van der Waals surface area contributed by atoms with Gasteiger partial charge in [0.25, 0.3) is 5.91 Å². The largest absolute Gasteiger partial charge is 0.385 e. The molecule has 1 aromatic heterocycles. The molecule has 2 amide bonds. The smallest absolute Gasteiger partial charge is 0.254 e. The van der Waals surface area contributed by atoms with Crippen molar-refractivity contribution in [2.45, 2.75) is 39.5 Å². The third-order valence-corrected chi connectivity index (χ3v) is 5.46. The minimum Gasteiger partial charge on any atom is -0.385 e. The minimum atomic E-state index is -0.506. The van der Waals surface area contributed by atoms with E-state index in [9.17, 15) is 14.0 Å². The summed E-state index contributed by atoms with van der Waals surface area (Å²) in [5.41, 5.74) is 2.67. The van der Waals surface area contributed by atoms with Crippen LogP contribution in [-0.4, -0.2) is 53.3 Å². The van der Waals surface area contributed by atoms with Crippen molar-refractivity contribution in [1.29, 1.82) is 0 Å². The van der Waals surface area contributed by atoms with E-state index in [-0.39, 0.29) is 23.4 Å². The Morgan fingerprint density at radius 2 is 1.86 bits per heavy atom. The van der Waals surface area contributed by atoms with Gasteiger partial charge in [-0.3, -0.25) is 9.59 Å². The third kappa shape index (κ3) is 6.99. The first-order valence-corrected chi connectivity index (χ1v) is 11.6. The fourth-order valence-electron chi connectivity index (χ4n) is 3.61. The lowest BCUT2D eigenvalue weighted by atomic mass is 9.92. The molecular weight excluding hydrogens is 447 g/mol. The normalized spacial score (nSPS) is 11.4. The predicted octanol–water partition coefficient (Wildman–Crippen LogP) is 4.73. The van der Waals surface area contributed by atoms with Crippen molar-refractivity contribution in [3.63, 3.8) is 0 Å². The van der Waals surface area contributed by atoms with Crippen LogP contribution in [0, 0.1) is 12.7 Å². The van der Waals surface area contributed by atoms with Crippen LogP contribution in [0.25, 0.3) is 5.69 Å². The second kappa shape index (κ2) is 11.3. The van der Waals surface area contributed by atoms with Crippen LogP contribution in [0.2, 0.25) is 0 Å². The zero-order chi connectivity index (χ0) is 25.6. The van der Waals surface area contributed by atoms with Gasteiger partial charge in [-0.2, -0.15) is 5.10 Å². The minimum absolute atomic E-state index is 0.190. The van der Waals surface area contributed by atoms with Crippen molar-refractivity contribution in [3.8, 4) is 5.69 Å². The summed E-state index contributed by atoms with van der Waals surface area (Å²) in [7, 11) is 1.57. The number of hydrogen-bond donors (Lipinski definition) is 1. The van der Waals surface area contributed by atoms with Crippen LogP contribution >= 0.6 is 0 Å². The first kappa shape index (κ1) is 26.1. The monoisotopic (exact) mass is 480 g/mol. The van der Waals surface area contributed by atoms with Gasteiger partial charge in [0.15, 0.2) is 0 Å². The van der Waals surface area contributed by atoms with Gasteiger partial charge in [-0.25, -0.2) is 9.07 Å². The quantitative estimate of drug-likeness (QED) is 0.449. The third-order valence-electron chi connectivity index (χ3n) is 5.46. The molecule has 0 spiro atoms. The fraction of sp³-hybridized carbons (Fsp3) is 0.370. The van der Waals surface area contributed by atoms with E-state index in [0.29, 0.717) is 25.4 Å². The summed E-state index contributed by atoms with van der Waals surface area (Å²) in [6.45, 7) is 8.68. The van der Waals surface area contributed by atoms with E-state index in [1.54, 1.807) is 11.8 Å². The lowest BCUT2D eigenvalue weighted by molar-refractivity contribution is -0.117. The molecule has 2 aromatic carbocycles. The van der Waals surface area contributed by atoms with Crippen molar-refractivity contribution in [2.24, 2.45) is 0 Å². The number of aromatic nitrogens is 2. The topological polar surface area (TPSA) is 76.5 Å². The Morgan fingerprint density at radius 3 is 2.51 bits per heavy atom. The molecule has 186 valence electrons. The molecule has 1 heterocycles. The Morgan fingerprint density at radius 1 is 1.11 bits per heavy atom. The number of halogens is 1. The number of hydrogen-bond acceptors (Lipinski definition) is 4. The Bertz CT molecular complexity index is 1180. The molecule has 8 heteroatoms. The lowest BCUT2D eigenvalue weighted by Crippen LogP contribution is -2.39. The molecule has 3 aromatic rings. The van der Waals surface area contributed by atoms with Crippen LogP contribution in [0.5, 0.6) is 0 Å². The molecule has 0 aliphatic heterocycles. The summed E-state index contributed by atoms with van der Waals surface area (Å²) in [6.07, 6.45) is 0.542. The van der Waals surface area contributed by atoms with E-state index < -0.39 is 11.7 Å². The lowest BCUT2D eigenvalue weighted by Gasteiger charge is -2.22. The highest BCUT2D eigenvalue weighted by Crippen LogP contribution is 2.26.